The van der Waals surface area contributed by atoms with Crippen molar-refractivity contribution in [2.45, 2.75) is 6.61 Å². The highest BCUT2D eigenvalue weighted by atomic mass is 16.5. The number of hydrogen-bond donors (Lipinski definition) is 0. The number of aryl methyl sites for hydroxylation is 1. The van der Waals surface area contributed by atoms with Crippen molar-refractivity contribution < 1.29 is 9.47 Å². The number of methoxy groups -OCH3 is 2. The maximum atomic E-state index is 12.4. The van der Waals surface area contributed by atoms with Crippen molar-refractivity contribution >= 4 is 12.2 Å². The fourth-order valence-corrected chi connectivity index (χ4v) is 2.14. The van der Waals surface area contributed by atoms with Crippen molar-refractivity contribution in [3.05, 3.63) is 63.6 Å². The molecule has 0 aliphatic heterocycles. The number of rotatable bonds is 5. The van der Waals surface area contributed by atoms with E-state index in [2.05, 4.69) is 0 Å². The second kappa shape index (κ2) is 6.90. The highest BCUT2D eigenvalue weighted by molar-refractivity contribution is 5.71. The lowest BCUT2D eigenvalue weighted by molar-refractivity contribution is 0.178. The van der Waals surface area contributed by atoms with Crippen molar-refractivity contribution in [1.82, 2.24) is 4.57 Å². The molecular weight excluding hydrogens is 266 g/mol. The van der Waals surface area contributed by atoms with Crippen LogP contribution >= 0.6 is 0 Å². The predicted octanol–water partition coefficient (Wildman–Crippen LogP) is 2.71. The van der Waals surface area contributed by atoms with Crippen LogP contribution in [-0.2, 0) is 18.4 Å². The van der Waals surface area contributed by atoms with Gasteiger partial charge >= 0.3 is 0 Å². The Bertz CT molecular complexity index is 687. The van der Waals surface area contributed by atoms with Crippen LogP contribution in [0.3, 0.4) is 0 Å². The highest BCUT2D eigenvalue weighted by Gasteiger charge is 2.12. The number of hydrogen-bond acceptors (Lipinski definition) is 3. The van der Waals surface area contributed by atoms with Gasteiger partial charge in [-0.05, 0) is 11.6 Å². The summed E-state index contributed by atoms with van der Waals surface area (Å²) >= 11 is 0. The number of aromatic nitrogens is 1. The molecule has 21 heavy (non-hydrogen) atoms. The van der Waals surface area contributed by atoms with Gasteiger partial charge in [0.15, 0.2) is 5.75 Å². The van der Waals surface area contributed by atoms with Crippen LogP contribution in [0.15, 0.2) is 41.3 Å². The summed E-state index contributed by atoms with van der Waals surface area (Å²) in [5.41, 5.74) is 2.30. The molecule has 4 nitrogen and oxygen atoms in total. The lowest BCUT2D eigenvalue weighted by Crippen LogP contribution is -2.17. The zero-order valence-electron chi connectivity index (χ0n) is 12.5. The first kappa shape index (κ1) is 15.1. The fourth-order valence-electron chi connectivity index (χ4n) is 2.14. The molecule has 0 atom stereocenters. The summed E-state index contributed by atoms with van der Waals surface area (Å²) in [4.78, 5) is 12.4. The van der Waals surface area contributed by atoms with Gasteiger partial charge in [-0.25, -0.2) is 0 Å². The maximum absolute atomic E-state index is 12.4. The SMILES string of the molecule is COCc1c(/C=C/c2ccccc2)c(=O)c(OC)cn1C. The summed E-state index contributed by atoms with van der Waals surface area (Å²) in [6.07, 6.45) is 5.40. The van der Waals surface area contributed by atoms with Crippen molar-refractivity contribution in [2.75, 3.05) is 14.2 Å². The van der Waals surface area contributed by atoms with E-state index < -0.39 is 0 Å². The first-order valence-corrected chi connectivity index (χ1v) is 6.66. The van der Waals surface area contributed by atoms with Gasteiger partial charge in [0.05, 0.1) is 25.6 Å². The minimum atomic E-state index is -0.130. The van der Waals surface area contributed by atoms with Crippen molar-refractivity contribution in [3.8, 4) is 5.75 Å². The predicted molar refractivity (Wildman–Crippen MR) is 84.3 cm³/mol. The van der Waals surface area contributed by atoms with Gasteiger partial charge in [-0.1, -0.05) is 36.4 Å². The molecule has 0 saturated heterocycles. The van der Waals surface area contributed by atoms with Gasteiger partial charge in [0, 0.05) is 19.7 Å². The molecule has 1 heterocycles. The molecule has 0 unspecified atom stereocenters. The van der Waals surface area contributed by atoms with Crippen LogP contribution in [0.5, 0.6) is 5.75 Å². The van der Waals surface area contributed by atoms with E-state index >= 15 is 0 Å². The van der Waals surface area contributed by atoms with Gasteiger partial charge < -0.3 is 14.0 Å². The van der Waals surface area contributed by atoms with Crippen LogP contribution in [0.4, 0.5) is 0 Å². The molecule has 0 spiro atoms. The first-order valence-electron chi connectivity index (χ1n) is 6.66. The van der Waals surface area contributed by atoms with Crippen molar-refractivity contribution in [2.24, 2.45) is 7.05 Å². The van der Waals surface area contributed by atoms with Gasteiger partial charge in [-0.3, -0.25) is 4.79 Å². The third-order valence-electron chi connectivity index (χ3n) is 3.26. The van der Waals surface area contributed by atoms with Gasteiger partial charge in [-0.15, -0.1) is 0 Å². The monoisotopic (exact) mass is 285 g/mol. The summed E-state index contributed by atoms with van der Waals surface area (Å²) < 4.78 is 12.2. The maximum Gasteiger partial charge on any atom is 0.230 e. The zero-order chi connectivity index (χ0) is 15.2. The minimum Gasteiger partial charge on any atom is -0.491 e. The van der Waals surface area contributed by atoms with Crippen LogP contribution in [0.25, 0.3) is 12.2 Å². The molecule has 0 fully saturated rings. The second-order valence-electron chi connectivity index (χ2n) is 4.67. The first-order chi connectivity index (χ1) is 10.2. The fraction of sp³-hybridized carbons (Fsp3) is 0.235. The molecule has 0 aliphatic rings. The zero-order valence-corrected chi connectivity index (χ0v) is 12.5. The molecular formula is C17H19NO3. The quantitative estimate of drug-likeness (QED) is 0.848. The highest BCUT2D eigenvalue weighted by Crippen LogP contribution is 2.15. The Hall–Kier alpha value is -2.33. The summed E-state index contributed by atoms with van der Waals surface area (Å²) in [7, 11) is 4.98. The number of nitrogens with zero attached hydrogens (tertiary/aromatic N) is 1. The van der Waals surface area contributed by atoms with Crippen molar-refractivity contribution in [1.29, 1.82) is 0 Å². The van der Waals surface area contributed by atoms with Gasteiger partial charge in [-0.2, -0.15) is 0 Å². The van der Waals surface area contributed by atoms with Crippen LogP contribution < -0.4 is 10.2 Å². The molecule has 2 rings (SSSR count). The number of pyridine rings is 1. The minimum absolute atomic E-state index is 0.130. The smallest absolute Gasteiger partial charge is 0.230 e. The Morgan fingerprint density at radius 1 is 1.14 bits per heavy atom. The average molecular weight is 285 g/mol. The second-order valence-corrected chi connectivity index (χ2v) is 4.67. The van der Waals surface area contributed by atoms with E-state index in [1.165, 1.54) is 7.11 Å². The third-order valence-corrected chi connectivity index (χ3v) is 3.26. The molecule has 0 N–H and O–H groups in total. The van der Waals surface area contributed by atoms with Crippen LogP contribution in [-0.4, -0.2) is 18.8 Å². The molecule has 0 bridgehead atoms. The number of benzene rings is 1. The lowest BCUT2D eigenvalue weighted by Gasteiger charge is -2.13. The molecule has 2 aromatic rings. The van der Waals surface area contributed by atoms with Gasteiger partial charge in [0.2, 0.25) is 5.43 Å². The standard InChI is InChI=1S/C17H19NO3/c1-18-11-16(21-3)17(19)14(15(18)12-20-2)10-9-13-7-5-4-6-8-13/h4-11H,12H2,1-3H3/b10-9+. The Labute approximate surface area is 124 Å². The van der Waals surface area contributed by atoms with E-state index in [1.807, 2.05) is 54.1 Å². The Balaban J connectivity index is 2.52. The van der Waals surface area contributed by atoms with E-state index in [-0.39, 0.29) is 5.43 Å². The van der Waals surface area contributed by atoms with E-state index in [0.29, 0.717) is 17.9 Å². The van der Waals surface area contributed by atoms with Crippen LogP contribution in [0, 0.1) is 0 Å². The molecule has 110 valence electrons. The summed E-state index contributed by atoms with van der Waals surface area (Å²) in [5, 5.41) is 0. The van der Waals surface area contributed by atoms with Gasteiger partial charge in [0.25, 0.3) is 0 Å². The molecule has 0 saturated carbocycles. The Morgan fingerprint density at radius 3 is 2.48 bits per heavy atom. The molecule has 4 heteroatoms. The molecule has 0 radical (unpaired) electrons. The lowest BCUT2D eigenvalue weighted by atomic mass is 10.1. The number of ether oxygens (including phenoxy) is 2. The third kappa shape index (κ3) is 3.41. The normalized spacial score (nSPS) is 11.0. The van der Waals surface area contributed by atoms with E-state index in [1.54, 1.807) is 13.3 Å². The van der Waals surface area contributed by atoms with Crippen molar-refractivity contribution in [3.63, 3.8) is 0 Å². The molecule has 1 aromatic heterocycles. The van der Waals surface area contributed by atoms with Gasteiger partial charge in [0.1, 0.15) is 0 Å². The van der Waals surface area contributed by atoms with E-state index in [4.69, 9.17) is 9.47 Å². The van der Waals surface area contributed by atoms with E-state index in [9.17, 15) is 4.79 Å². The molecule has 1 aromatic carbocycles. The van der Waals surface area contributed by atoms with E-state index in [0.717, 1.165) is 11.3 Å². The average Bonchev–Trinajstić information content (AvgIpc) is 2.51. The van der Waals surface area contributed by atoms with Crippen LogP contribution in [0.2, 0.25) is 0 Å². The Morgan fingerprint density at radius 2 is 1.86 bits per heavy atom. The largest absolute Gasteiger partial charge is 0.491 e. The molecule has 0 amide bonds. The summed E-state index contributed by atoms with van der Waals surface area (Å²) in [6, 6.07) is 9.84. The Kier molecular flexibility index (Phi) is 4.95. The summed E-state index contributed by atoms with van der Waals surface area (Å²) in [6.45, 7) is 0.365. The van der Waals surface area contributed by atoms with Crippen LogP contribution in [0.1, 0.15) is 16.8 Å². The summed E-state index contributed by atoms with van der Waals surface area (Å²) in [5.74, 6) is 0.324. The topological polar surface area (TPSA) is 40.5 Å². The molecule has 0 aliphatic carbocycles.